The third-order valence-corrected chi connectivity index (χ3v) is 5.01. The lowest BCUT2D eigenvalue weighted by Crippen LogP contribution is -2.40. The summed E-state index contributed by atoms with van der Waals surface area (Å²) in [7, 11) is 5.50. The molecule has 6 nitrogen and oxygen atoms in total. The van der Waals surface area contributed by atoms with E-state index in [0.29, 0.717) is 18.7 Å². The number of benzene rings is 1. The molecule has 2 heterocycles. The molecular formula is C20H27FN4O2. The van der Waals surface area contributed by atoms with Gasteiger partial charge in [-0.1, -0.05) is 0 Å². The first-order chi connectivity index (χ1) is 13.0. The number of carbonyl (C=O) groups excluding carboxylic acids is 1. The molecule has 1 amide bonds. The molecule has 0 saturated carbocycles. The van der Waals surface area contributed by atoms with Gasteiger partial charge in [0.05, 0.1) is 7.11 Å². The molecule has 146 valence electrons. The first-order valence-corrected chi connectivity index (χ1v) is 9.28. The summed E-state index contributed by atoms with van der Waals surface area (Å²) in [6.07, 6.45) is 5.77. The number of halogens is 1. The minimum atomic E-state index is -0.464. The van der Waals surface area contributed by atoms with E-state index in [-0.39, 0.29) is 17.6 Å². The lowest BCUT2D eigenvalue weighted by Gasteiger charge is -2.33. The Balaban J connectivity index is 1.73. The fourth-order valence-electron chi connectivity index (χ4n) is 3.53. The number of hydrogen-bond donors (Lipinski definition) is 0. The number of aromatic nitrogens is 2. The maximum atomic E-state index is 13.6. The molecule has 0 bridgehead atoms. The van der Waals surface area contributed by atoms with Gasteiger partial charge in [-0.05, 0) is 45.1 Å². The number of likely N-dealkylation sites (N-methyl/N-ethyl adjacent to an activating group) is 1. The standard InChI is InChI=1S/C20H27FN4O2/c1-23(2)11-12-24-10-8-22-19(24)16-5-4-9-25(14-16)20(26)15-6-7-17(21)18(13-15)27-3/h6-8,10,13,16H,4-5,9,11-12,14H2,1-3H3. The summed E-state index contributed by atoms with van der Waals surface area (Å²) in [5.41, 5.74) is 0.449. The van der Waals surface area contributed by atoms with Gasteiger partial charge in [-0.2, -0.15) is 0 Å². The molecule has 1 atom stereocenters. The Bertz CT molecular complexity index is 790. The van der Waals surface area contributed by atoms with E-state index in [1.165, 1.54) is 25.3 Å². The Kier molecular flexibility index (Phi) is 6.11. The Morgan fingerprint density at radius 3 is 2.96 bits per heavy atom. The van der Waals surface area contributed by atoms with E-state index in [2.05, 4.69) is 28.5 Å². The van der Waals surface area contributed by atoms with E-state index in [4.69, 9.17) is 4.74 Å². The number of hydrogen-bond acceptors (Lipinski definition) is 4. The summed E-state index contributed by atoms with van der Waals surface area (Å²) in [4.78, 5) is 21.4. The predicted octanol–water partition coefficient (Wildman–Crippen LogP) is 2.61. The smallest absolute Gasteiger partial charge is 0.254 e. The summed E-state index contributed by atoms with van der Waals surface area (Å²) in [6, 6.07) is 4.27. The number of rotatable bonds is 6. The number of likely N-dealkylation sites (tertiary alicyclic amines) is 1. The molecule has 7 heteroatoms. The Morgan fingerprint density at radius 2 is 2.22 bits per heavy atom. The second-order valence-electron chi connectivity index (χ2n) is 7.22. The van der Waals surface area contributed by atoms with Gasteiger partial charge in [0, 0.05) is 50.1 Å². The van der Waals surface area contributed by atoms with Crippen LogP contribution in [0.3, 0.4) is 0 Å². The van der Waals surface area contributed by atoms with E-state index in [1.54, 1.807) is 0 Å². The number of piperidine rings is 1. The number of nitrogens with zero attached hydrogens (tertiary/aromatic N) is 4. The molecular weight excluding hydrogens is 347 g/mol. The molecule has 0 N–H and O–H groups in total. The van der Waals surface area contributed by atoms with Crippen LogP contribution >= 0.6 is 0 Å². The fraction of sp³-hybridized carbons (Fsp3) is 0.500. The van der Waals surface area contributed by atoms with Crippen molar-refractivity contribution in [2.24, 2.45) is 0 Å². The van der Waals surface area contributed by atoms with Crippen molar-refractivity contribution >= 4 is 5.91 Å². The van der Waals surface area contributed by atoms with Crippen molar-refractivity contribution in [3.8, 4) is 5.75 Å². The van der Waals surface area contributed by atoms with Crippen molar-refractivity contribution in [2.45, 2.75) is 25.3 Å². The van der Waals surface area contributed by atoms with E-state index in [0.717, 1.165) is 31.8 Å². The van der Waals surface area contributed by atoms with Crippen LogP contribution in [0, 0.1) is 5.82 Å². The van der Waals surface area contributed by atoms with Gasteiger partial charge in [-0.25, -0.2) is 9.37 Å². The van der Waals surface area contributed by atoms with Gasteiger partial charge in [0.15, 0.2) is 11.6 Å². The first kappa shape index (κ1) is 19.4. The van der Waals surface area contributed by atoms with Crippen LogP contribution in [0.1, 0.15) is 34.9 Å². The topological polar surface area (TPSA) is 50.6 Å². The van der Waals surface area contributed by atoms with Crippen molar-refractivity contribution in [3.05, 3.63) is 47.8 Å². The highest BCUT2D eigenvalue weighted by Gasteiger charge is 2.28. The van der Waals surface area contributed by atoms with Crippen LogP contribution in [-0.2, 0) is 6.54 Å². The minimum Gasteiger partial charge on any atom is -0.494 e. The largest absolute Gasteiger partial charge is 0.494 e. The summed E-state index contributed by atoms with van der Waals surface area (Å²) in [6.45, 7) is 3.14. The van der Waals surface area contributed by atoms with Crippen molar-refractivity contribution in [1.29, 1.82) is 0 Å². The molecule has 1 aromatic carbocycles. The van der Waals surface area contributed by atoms with Gasteiger partial charge in [-0.15, -0.1) is 0 Å². The van der Waals surface area contributed by atoms with Crippen LogP contribution < -0.4 is 4.74 Å². The summed E-state index contributed by atoms with van der Waals surface area (Å²) >= 11 is 0. The number of imidazole rings is 1. The molecule has 2 aromatic rings. The van der Waals surface area contributed by atoms with Crippen LogP contribution in [0.2, 0.25) is 0 Å². The molecule has 1 aliphatic rings. The molecule has 0 spiro atoms. The van der Waals surface area contributed by atoms with E-state index in [9.17, 15) is 9.18 Å². The maximum Gasteiger partial charge on any atom is 0.254 e. The van der Waals surface area contributed by atoms with Crippen molar-refractivity contribution in [1.82, 2.24) is 19.4 Å². The highest BCUT2D eigenvalue weighted by Crippen LogP contribution is 2.28. The van der Waals surface area contributed by atoms with E-state index < -0.39 is 5.82 Å². The second kappa shape index (κ2) is 8.52. The monoisotopic (exact) mass is 374 g/mol. The average molecular weight is 374 g/mol. The molecule has 1 saturated heterocycles. The van der Waals surface area contributed by atoms with Crippen LogP contribution in [0.15, 0.2) is 30.6 Å². The number of amides is 1. The average Bonchev–Trinajstić information content (AvgIpc) is 3.15. The molecule has 0 aliphatic carbocycles. The summed E-state index contributed by atoms with van der Waals surface area (Å²) < 4.78 is 20.8. The zero-order valence-electron chi connectivity index (χ0n) is 16.2. The van der Waals surface area contributed by atoms with Crippen LogP contribution in [0.4, 0.5) is 4.39 Å². The van der Waals surface area contributed by atoms with E-state index >= 15 is 0 Å². The van der Waals surface area contributed by atoms with Crippen molar-refractivity contribution in [2.75, 3.05) is 40.8 Å². The minimum absolute atomic E-state index is 0.0913. The first-order valence-electron chi connectivity index (χ1n) is 9.28. The van der Waals surface area contributed by atoms with Gasteiger partial charge in [0.2, 0.25) is 0 Å². The van der Waals surface area contributed by atoms with E-state index in [1.807, 2.05) is 17.3 Å². The Hall–Kier alpha value is -2.41. The quantitative estimate of drug-likeness (QED) is 0.780. The van der Waals surface area contributed by atoms with Gasteiger partial charge in [0.25, 0.3) is 5.91 Å². The maximum absolute atomic E-state index is 13.6. The van der Waals surface area contributed by atoms with Gasteiger partial charge < -0.3 is 19.1 Å². The SMILES string of the molecule is COc1cc(C(=O)N2CCCC(c3nccn3CCN(C)C)C2)ccc1F. The van der Waals surface area contributed by atoms with Crippen LogP contribution in [0.5, 0.6) is 5.75 Å². The Morgan fingerprint density at radius 1 is 1.41 bits per heavy atom. The van der Waals surface area contributed by atoms with Crippen LogP contribution in [-0.4, -0.2) is 66.1 Å². The molecule has 1 aromatic heterocycles. The zero-order chi connectivity index (χ0) is 19.4. The predicted molar refractivity (Wildman–Crippen MR) is 102 cm³/mol. The molecule has 1 unspecified atom stereocenters. The zero-order valence-corrected chi connectivity index (χ0v) is 16.2. The van der Waals surface area contributed by atoms with Gasteiger partial charge in [0.1, 0.15) is 5.82 Å². The molecule has 1 fully saturated rings. The third kappa shape index (κ3) is 4.47. The fourth-order valence-corrected chi connectivity index (χ4v) is 3.53. The highest BCUT2D eigenvalue weighted by molar-refractivity contribution is 5.94. The number of methoxy groups -OCH3 is 1. The van der Waals surface area contributed by atoms with Crippen molar-refractivity contribution in [3.63, 3.8) is 0 Å². The Labute approximate surface area is 159 Å². The number of ether oxygens (including phenoxy) is 1. The summed E-state index contributed by atoms with van der Waals surface area (Å²) in [5.74, 6) is 0.778. The third-order valence-electron chi connectivity index (χ3n) is 5.01. The summed E-state index contributed by atoms with van der Waals surface area (Å²) in [5, 5.41) is 0. The molecule has 0 radical (unpaired) electrons. The van der Waals surface area contributed by atoms with Gasteiger partial charge in [-0.3, -0.25) is 4.79 Å². The molecule has 27 heavy (non-hydrogen) atoms. The normalized spacial score (nSPS) is 17.4. The highest BCUT2D eigenvalue weighted by atomic mass is 19.1. The number of carbonyl (C=O) groups is 1. The van der Waals surface area contributed by atoms with Crippen LogP contribution in [0.25, 0.3) is 0 Å². The molecule has 3 rings (SSSR count). The lowest BCUT2D eigenvalue weighted by atomic mass is 9.96. The van der Waals surface area contributed by atoms with Gasteiger partial charge >= 0.3 is 0 Å². The lowest BCUT2D eigenvalue weighted by molar-refractivity contribution is 0.0702. The molecule has 1 aliphatic heterocycles. The second-order valence-corrected chi connectivity index (χ2v) is 7.22. The van der Waals surface area contributed by atoms with Crippen molar-refractivity contribution < 1.29 is 13.9 Å².